The van der Waals surface area contributed by atoms with Gasteiger partial charge in [0.2, 0.25) is 0 Å². The lowest BCUT2D eigenvalue weighted by atomic mass is 9.92. The van der Waals surface area contributed by atoms with E-state index < -0.39 is 0 Å². The number of nitrogens with zero attached hydrogens (tertiary/aromatic N) is 2. The number of hydrogen-bond donors (Lipinski definition) is 0. The number of fused-ring (bicyclic) bond motifs is 5. The van der Waals surface area contributed by atoms with Gasteiger partial charge in [-0.15, -0.1) is 0 Å². The van der Waals surface area contributed by atoms with E-state index in [0.717, 1.165) is 12.2 Å². The van der Waals surface area contributed by atoms with Crippen LogP contribution in [0.4, 0.5) is 0 Å². The second-order valence-electron chi connectivity index (χ2n) is 5.68. The van der Waals surface area contributed by atoms with Crippen LogP contribution in [0.1, 0.15) is 47.4 Å². The van der Waals surface area contributed by atoms with Gasteiger partial charge in [-0.05, 0) is 43.0 Å². The molecule has 1 aromatic heterocycles. The molecule has 2 aliphatic rings. The van der Waals surface area contributed by atoms with Crippen molar-refractivity contribution < 1.29 is 0 Å². The lowest BCUT2D eigenvalue weighted by molar-refractivity contribution is 0.211. The highest BCUT2D eigenvalue weighted by Crippen LogP contribution is 2.53. The first kappa shape index (κ1) is 11.2. The summed E-state index contributed by atoms with van der Waals surface area (Å²) in [6.45, 7) is 3.04. The minimum atomic E-state index is 0.614. The highest BCUT2D eigenvalue weighted by atomic mass is 15.2. The van der Waals surface area contributed by atoms with E-state index in [1.165, 1.54) is 18.5 Å². The van der Waals surface area contributed by atoms with E-state index in [1.54, 1.807) is 11.1 Å². The van der Waals surface area contributed by atoms with E-state index in [-0.39, 0.29) is 0 Å². The molecule has 2 aliphatic heterocycles. The van der Waals surface area contributed by atoms with Gasteiger partial charge >= 0.3 is 0 Å². The summed E-state index contributed by atoms with van der Waals surface area (Å²) in [5.74, 6) is 0. The second-order valence-corrected chi connectivity index (χ2v) is 5.68. The van der Waals surface area contributed by atoms with Crippen LogP contribution in [0.15, 0.2) is 42.5 Å². The van der Waals surface area contributed by atoms with E-state index in [2.05, 4.69) is 59.3 Å². The van der Waals surface area contributed by atoms with Gasteiger partial charge in [-0.1, -0.05) is 30.3 Å². The monoisotopic (exact) mass is 250 g/mol. The maximum atomic E-state index is 4.65. The van der Waals surface area contributed by atoms with Gasteiger partial charge in [-0.2, -0.15) is 0 Å². The SMILES string of the molecule is Cc1cccc(CN2[C@H]3CC[C@H]2c2ccccc23)n1. The van der Waals surface area contributed by atoms with Gasteiger partial charge in [0.25, 0.3) is 0 Å². The molecule has 4 rings (SSSR count). The molecule has 0 saturated carbocycles. The van der Waals surface area contributed by atoms with Crippen molar-refractivity contribution in [1.29, 1.82) is 0 Å². The van der Waals surface area contributed by atoms with Crippen molar-refractivity contribution in [3.05, 3.63) is 65.0 Å². The summed E-state index contributed by atoms with van der Waals surface area (Å²) in [6, 6.07) is 16.5. The molecule has 2 heteroatoms. The lowest BCUT2D eigenvalue weighted by Gasteiger charge is -2.21. The second kappa shape index (κ2) is 4.17. The van der Waals surface area contributed by atoms with Crippen LogP contribution < -0.4 is 0 Å². The number of aryl methyl sites for hydroxylation is 1. The summed E-state index contributed by atoms with van der Waals surface area (Å²) < 4.78 is 0. The van der Waals surface area contributed by atoms with Crippen molar-refractivity contribution in [3.8, 4) is 0 Å². The molecule has 0 radical (unpaired) electrons. The van der Waals surface area contributed by atoms with Gasteiger partial charge in [-0.3, -0.25) is 9.88 Å². The maximum Gasteiger partial charge on any atom is 0.0547 e. The highest BCUT2D eigenvalue weighted by Gasteiger charge is 2.43. The quantitative estimate of drug-likeness (QED) is 0.806. The fourth-order valence-corrected chi connectivity index (χ4v) is 3.75. The predicted molar refractivity (Wildman–Crippen MR) is 75.7 cm³/mol. The third-order valence-electron chi connectivity index (χ3n) is 4.52. The molecule has 0 spiro atoms. The number of aromatic nitrogens is 1. The molecule has 1 aromatic carbocycles. The van der Waals surface area contributed by atoms with Gasteiger partial charge in [0.1, 0.15) is 0 Å². The van der Waals surface area contributed by atoms with Crippen LogP contribution in [0.5, 0.6) is 0 Å². The number of pyridine rings is 1. The smallest absolute Gasteiger partial charge is 0.0547 e. The van der Waals surface area contributed by atoms with E-state index in [4.69, 9.17) is 0 Å². The normalized spacial score (nSPS) is 24.7. The molecular formula is C17H18N2. The minimum Gasteiger partial charge on any atom is -0.283 e. The molecular weight excluding hydrogens is 232 g/mol. The molecule has 0 N–H and O–H groups in total. The van der Waals surface area contributed by atoms with Crippen LogP contribution in [0.3, 0.4) is 0 Å². The van der Waals surface area contributed by atoms with Gasteiger partial charge in [0.05, 0.1) is 5.69 Å². The molecule has 2 aromatic rings. The van der Waals surface area contributed by atoms with Crippen molar-refractivity contribution in [3.63, 3.8) is 0 Å². The zero-order valence-corrected chi connectivity index (χ0v) is 11.2. The van der Waals surface area contributed by atoms with Gasteiger partial charge in [0, 0.05) is 24.3 Å². The molecule has 0 amide bonds. The Labute approximate surface area is 114 Å². The Bertz CT molecular complexity index is 589. The largest absolute Gasteiger partial charge is 0.283 e. The van der Waals surface area contributed by atoms with Crippen LogP contribution in [0.2, 0.25) is 0 Å². The molecule has 96 valence electrons. The predicted octanol–water partition coefficient (Wildman–Crippen LogP) is 3.78. The van der Waals surface area contributed by atoms with Crippen LogP contribution >= 0.6 is 0 Å². The summed E-state index contributed by atoms with van der Waals surface area (Å²) in [6.07, 6.45) is 2.60. The first-order chi connectivity index (χ1) is 9.33. The Hall–Kier alpha value is -1.67. The Morgan fingerprint density at radius 2 is 1.68 bits per heavy atom. The lowest BCUT2D eigenvalue weighted by Crippen LogP contribution is -2.19. The van der Waals surface area contributed by atoms with Crippen molar-refractivity contribution >= 4 is 0 Å². The van der Waals surface area contributed by atoms with Gasteiger partial charge < -0.3 is 0 Å². The minimum absolute atomic E-state index is 0.614. The van der Waals surface area contributed by atoms with Crippen molar-refractivity contribution in [1.82, 2.24) is 9.88 Å². The van der Waals surface area contributed by atoms with Gasteiger partial charge in [-0.25, -0.2) is 0 Å². The van der Waals surface area contributed by atoms with E-state index >= 15 is 0 Å². The molecule has 1 saturated heterocycles. The Morgan fingerprint density at radius 1 is 1.00 bits per heavy atom. The molecule has 1 fully saturated rings. The highest BCUT2D eigenvalue weighted by molar-refractivity contribution is 5.40. The third kappa shape index (κ3) is 1.71. The first-order valence-corrected chi connectivity index (χ1v) is 7.10. The Morgan fingerprint density at radius 3 is 2.32 bits per heavy atom. The summed E-state index contributed by atoms with van der Waals surface area (Å²) in [5, 5.41) is 0. The summed E-state index contributed by atoms with van der Waals surface area (Å²) in [5.41, 5.74) is 5.41. The third-order valence-corrected chi connectivity index (χ3v) is 4.52. The van der Waals surface area contributed by atoms with E-state index in [1.807, 2.05) is 0 Å². The number of hydrogen-bond acceptors (Lipinski definition) is 2. The number of rotatable bonds is 2. The maximum absolute atomic E-state index is 4.65. The Kier molecular flexibility index (Phi) is 2.46. The topological polar surface area (TPSA) is 16.1 Å². The van der Waals surface area contributed by atoms with Crippen molar-refractivity contribution in [2.45, 2.75) is 38.4 Å². The molecule has 19 heavy (non-hydrogen) atoms. The van der Waals surface area contributed by atoms with Crippen LogP contribution in [0.25, 0.3) is 0 Å². The number of benzene rings is 1. The summed E-state index contributed by atoms with van der Waals surface area (Å²) >= 11 is 0. The first-order valence-electron chi connectivity index (χ1n) is 7.10. The van der Waals surface area contributed by atoms with E-state index in [0.29, 0.717) is 12.1 Å². The molecule has 3 heterocycles. The zero-order valence-electron chi connectivity index (χ0n) is 11.2. The van der Waals surface area contributed by atoms with Crippen LogP contribution in [-0.4, -0.2) is 9.88 Å². The Balaban J connectivity index is 1.65. The zero-order chi connectivity index (χ0) is 12.8. The summed E-state index contributed by atoms with van der Waals surface area (Å²) in [4.78, 5) is 7.29. The van der Waals surface area contributed by atoms with Crippen molar-refractivity contribution in [2.75, 3.05) is 0 Å². The fourth-order valence-electron chi connectivity index (χ4n) is 3.75. The van der Waals surface area contributed by atoms with E-state index in [9.17, 15) is 0 Å². The summed E-state index contributed by atoms with van der Waals surface area (Å²) in [7, 11) is 0. The van der Waals surface area contributed by atoms with Gasteiger partial charge in [0.15, 0.2) is 0 Å². The molecule has 0 aliphatic carbocycles. The van der Waals surface area contributed by atoms with Crippen LogP contribution in [-0.2, 0) is 6.54 Å². The van der Waals surface area contributed by atoms with Crippen LogP contribution in [0, 0.1) is 6.92 Å². The van der Waals surface area contributed by atoms with Crippen molar-refractivity contribution in [2.24, 2.45) is 0 Å². The average Bonchev–Trinajstić information content (AvgIpc) is 2.95. The average molecular weight is 250 g/mol. The molecule has 0 unspecified atom stereocenters. The molecule has 2 nitrogen and oxygen atoms in total. The molecule has 2 bridgehead atoms. The fraction of sp³-hybridized carbons (Fsp3) is 0.353. The standard InChI is InChI=1S/C17H18N2/c1-12-5-4-6-13(18-12)11-19-16-9-10-17(19)15-8-3-2-7-14(15)16/h2-8,16-17H,9-11H2,1H3/t16-,17-/m0/s1. The molecule has 2 atom stereocenters.